The Balaban J connectivity index is 2.14. The zero-order valence-corrected chi connectivity index (χ0v) is 17.5. The van der Waals surface area contributed by atoms with Crippen LogP contribution in [-0.4, -0.2) is 71.2 Å². The number of hydrogen-bond acceptors (Lipinski definition) is 6. The summed E-state index contributed by atoms with van der Waals surface area (Å²) in [5.74, 6) is 0. The van der Waals surface area contributed by atoms with Gasteiger partial charge < -0.3 is 14.7 Å². The molecule has 1 unspecified atom stereocenters. The van der Waals surface area contributed by atoms with E-state index in [4.69, 9.17) is 4.74 Å². The van der Waals surface area contributed by atoms with E-state index in [1.807, 2.05) is 50.3 Å². The van der Waals surface area contributed by atoms with Crippen LogP contribution in [0, 0.1) is 0 Å². The largest absolute Gasteiger partial charge is 0.444 e. The first-order valence-corrected chi connectivity index (χ1v) is 10.2. The smallest absolute Gasteiger partial charge is 0.410 e. The van der Waals surface area contributed by atoms with Crippen LogP contribution in [-0.2, 0) is 11.2 Å². The van der Waals surface area contributed by atoms with Gasteiger partial charge in [0.2, 0.25) is 0 Å². The van der Waals surface area contributed by atoms with Crippen molar-refractivity contribution in [1.82, 2.24) is 14.9 Å². The maximum absolute atomic E-state index is 12.6. The summed E-state index contributed by atoms with van der Waals surface area (Å²) in [4.78, 5) is 15.3. The maximum Gasteiger partial charge on any atom is 0.410 e. The van der Waals surface area contributed by atoms with E-state index in [2.05, 4.69) is 5.01 Å². The lowest BCUT2D eigenvalue weighted by Crippen LogP contribution is -2.58. The standard InChI is InChI=1S/C19H33N3O3S/c1-19(2,3)25-18(24)20(4)16(14-15-10-9-13-26-15)17(23)21(5)22-11-7-6-8-12-22/h9-10,13,16-17,23H,6-8,11-12,14H2,1-5H3/t16-,17?/m1/s1. The van der Waals surface area contributed by atoms with Crippen LogP contribution in [0.2, 0.25) is 0 Å². The Morgan fingerprint density at radius 1 is 1.31 bits per heavy atom. The van der Waals surface area contributed by atoms with E-state index in [0.29, 0.717) is 6.42 Å². The van der Waals surface area contributed by atoms with Crippen LogP contribution in [0.1, 0.15) is 44.9 Å². The van der Waals surface area contributed by atoms with Gasteiger partial charge in [0.05, 0.1) is 6.04 Å². The Bertz CT molecular complexity index is 553. The van der Waals surface area contributed by atoms with Crippen molar-refractivity contribution in [3.8, 4) is 0 Å². The molecule has 1 amide bonds. The number of likely N-dealkylation sites (N-methyl/N-ethyl adjacent to an activating group) is 2. The van der Waals surface area contributed by atoms with E-state index >= 15 is 0 Å². The molecule has 1 fully saturated rings. The van der Waals surface area contributed by atoms with E-state index in [9.17, 15) is 9.90 Å². The van der Waals surface area contributed by atoms with Crippen molar-refractivity contribution in [3.63, 3.8) is 0 Å². The lowest BCUT2D eigenvalue weighted by Gasteiger charge is -2.42. The molecule has 1 aliphatic rings. The number of carbonyl (C=O) groups excluding carboxylic acids is 1. The molecule has 148 valence electrons. The van der Waals surface area contributed by atoms with Crippen molar-refractivity contribution >= 4 is 17.4 Å². The van der Waals surface area contributed by atoms with Gasteiger partial charge in [-0.1, -0.05) is 12.5 Å². The van der Waals surface area contributed by atoms with Gasteiger partial charge in [0.15, 0.2) is 0 Å². The summed E-state index contributed by atoms with van der Waals surface area (Å²) in [5.41, 5.74) is -0.567. The van der Waals surface area contributed by atoms with Gasteiger partial charge in [-0.2, -0.15) is 0 Å². The summed E-state index contributed by atoms with van der Waals surface area (Å²) in [6.45, 7) is 7.43. The lowest BCUT2D eigenvalue weighted by molar-refractivity contribution is -0.155. The summed E-state index contributed by atoms with van der Waals surface area (Å²) >= 11 is 1.64. The number of piperidine rings is 1. The number of ether oxygens (including phenoxy) is 1. The monoisotopic (exact) mass is 383 g/mol. The van der Waals surface area contributed by atoms with E-state index < -0.39 is 24.0 Å². The van der Waals surface area contributed by atoms with E-state index in [0.717, 1.165) is 30.8 Å². The number of hydrazine groups is 1. The lowest BCUT2D eigenvalue weighted by atomic mass is 10.1. The fourth-order valence-electron chi connectivity index (χ4n) is 3.16. The number of aliphatic hydroxyl groups excluding tert-OH is 1. The molecule has 0 radical (unpaired) electrons. The Morgan fingerprint density at radius 2 is 1.96 bits per heavy atom. The molecule has 0 spiro atoms. The predicted octanol–water partition coefficient (Wildman–Crippen LogP) is 3.18. The van der Waals surface area contributed by atoms with Crippen molar-refractivity contribution in [1.29, 1.82) is 0 Å². The van der Waals surface area contributed by atoms with Crippen molar-refractivity contribution in [2.45, 2.75) is 64.3 Å². The second-order valence-corrected chi connectivity index (χ2v) is 8.98. The molecule has 26 heavy (non-hydrogen) atoms. The van der Waals surface area contributed by atoms with Gasteiger partial charge in [-0.05, 0) is 45.1 Å². The Hall–Kier alpha value is -1.15. The van der Waals surface area contributed by atoms with Crippen molar-refractivity contribution in [2.24, 2.45) is 0 Å². The fourth-order valence-corrected chi connectivity index (χ4v) is 3.91. The zero-order valence-electron chi connectivity index (χ0n) is 16.6. The van der Waals surface area contributed by atoms with E-state index in [1.54, 1.807) is 18.4 Å². The molecule has 2 heterocycles. The highest BCUT2D eigenvalue weighted by Crippen LogP contribution is 2.21. The molecule has 0 saturated carbocycles. The van der Waals surface area contributed by atoms with Gasteiger partial charge in [0.1, 0.15) is 11.8 Å². The molecule has 2 atom stereocenters. The van der Waals surface area contributed by atoms with Crippen LogP contribution >= 0.6 is 11.3 Å². The third kappa shape index (κ3) is 5.94. The Morgan fingerprint density at radius 3 is 2.50 bits per heavy atom. The molecular formula is C19H33N3O3S. The van der Waals surface area contributed by atoms with Crippen LogP contribution in [0.25, 0.3) is 0 Å². The molecule has 2 rings (SSSR count). The van der Waals surface area contributed by atoms with Crippen molar-refractivity contribution in [2.75, 3.05) is 27.2 Å². The highest BCUT2D eigenvalue weighted by molar-refractivity contribution is 7.09. The zero-order chi connectivity index (χ0) is 19.3. The van der Waals surface area contributed by atoms with Gasteiger partial charge in [-0.15, -0.1) is 11.3 Å². The molecule has 1 aromatic heterocycles. The number of carbonyl (C=O) groups is 1. The summed E-state index contributed by atoms with van der Waals surface area (Å²) in [6, 6.07) is 3.63. The normalized spacial score (nSPS) is 18.6. The summed E-state index contributed by atoms with van der Waals surface area (Å²) in [7, 11) is 3.61. The number of aliphatic hydroxyl groups is 1. The Kier molecular flexibility index (Phi) is 7.46. The quantitative estimate of drug-likeness (QED) is 0.765. The van der Waals surface area contributed by atoms with Crippen LogP contribution in [0.4, 0.5) is 4.79 Å². The first-order valence-electron chi connectivity index (χ1n) is 9.33. The van der Waals surface area contributed by atoms with Crippen LogP contribution in [0.3, 0.4) is 0 Å². The van der Waals surface area contributed by atoms with Crippen molar-refractivity contribution in [3.05, 3.63) is 22.4 Å². The number of thiophene rings is 1. The number of amides is 1. The molecule has 7 heteroatoms. The third-order valence-electron chi connectivity index (χ3n) is 4.67. The molecule has 0 aliphatic carbocycles. The minimum absolute atomic E-state index is 0.393. The third-order valence-corrected chi connectivity index (χ3v) is 5.57. The molecule has 1 aliphatic heterocycles. The fraction of sp³-hybridized carbons (Fsp3) is 0.737. The molecule has 1 saturated heterocycles. The Labute approximate surface area is 161 Å². The number of nitrogens with zero attached hydrogens (tertiary/aromatic N) is 3. The summed E-state index contributed by atoms with van der Waals surface area (Å²) in [5, 5.41) is 17.2. The average molecular weight is 384 g/mol. The first kappa shape index (κ1) is 21.2. The predicted molar refractivity (Wildman–Crippen MR) is 105 cm³/mol. The number of rotatable bonds is 6. The van der Waals surface area contributed by atoms with Crippen LogP contribution < -0.4 is 0 Å². The average Bonchev–Trinajstić information content (AvgIpc) is 3.10. The van der Waals surface area contributed by atoms with E-state index in [-0.39, 0.29) is 0 Å². The molecule has 1 aromatic rings. The highest BCUT2D eigenvalue weighted by Gasteiger charge is 2.34. The minimum Gasteiger partial charge on any atom is -0.444 e. The summed E-state index contributed by atoms with van der Waals surface area (Å²) < 4.78 is 5.52. The van der Waals surface area contributed by atoms with Gasteiger partial charge >= 0.3 is 6.09 Å². The van der Waals surface area contributed by atoms with Crippen molar-refractivity contribution < 1.29 is 14.6 Å². The minimum atomic E-state index is -0.798. The first-order chi connectivity index (χ1) is 12.2. The van der Waals surface area contributed by atoms with Gasteiger partial charge in [-0.25, -0.2) is 14.8 Å². The maximum atomic E-state index is 12.6. The van der Waals surface area contributed by atoms with Crippen LogP contribution in [0.5, 0.6) is 0 Å². The van der Waals surface area contributed by atoms with Gasteiger partial charge in [-0.3, -0.25) is 0 Å². The van der Waals surface area contributed by atoms with E-state index in [1.165, 1.54) is 11.3 Å². The molecule has 6 nitrogen and oxygen atoms in total. The number of hydrogen-bond donors (Lipinski definition) is 1. The molecule has 0 bridgehead atoms. The second kappa shape index (κ2) is 9.17. The SMILES string of the molecule is CN(C(=O)OC(C)(C)C)[C@H](Cc1cccs1)C(O)N(C)N1CCCCC1. The summed E-state index contributed by atoms with van der Waals surface area (Å²) in [6.07, 6.45) is 2.88. The topological polar surface area (TPSA) is 56.3 Å². The molecule has 0 aromatic carbocycles. The van der Waals surface area contributed by atoms with Gasteiger partial charge in [0.25, 0.3) is 0 Å². The second-order valence-electron chi connectivity index (χ2n) is 7.94. The molecular weight excluding hydrogens is 350 g/mol. The van der Waals surface area contributed by atoms with Crippen LogP contribution in [0.15, 0.2) is 17.5 Å². The highest BCUT2D eigenvalue weighted by atomic mass is 32.1. The van der Waals surface area contributed by atoms with Gasteiger partial charge in [0, 0.05) is 38.5 Å². The molecule has 1 N–H and O–H groups in total.